The number of nitrogens with zero attached hydrogens (tertiary/aromatic N) is 1. The molecule has 134 valence electrons. The van der Waals surface area contributed by atoms with Crippen LogP contribution in [0.25, 0.3) is 10.6 Å². The predicted octanol–water partition coefficient (Wildman–Crippen LogP) is 3.32. The molecular weight excluding hydrogens is 376 g/mol. The third-order valence-corrected chi connectivity index (χ3v) is 5.75. The third kappa shape index (κ3) is 3.68. The fourth-order valence-electron chi connectivity index (χ4n) is 2.25. The lowest BCUT2D eigenvalue weighted by molar-refractivity contribution is 0.0696. The summed E-state index contributed by atoms with van der Waals surface area (Å²) in [6.07, 6.45) is 0. The molecule has 3 rings (SSSR count). The molecule has 0 radical (unpaired) electrons. The summed E-state index contributed by atoms with van der Waals surface area (Å²) < 4.78 is 32.7. The van der Waals surface area contributed by atoms with Gasteiger partial charge in [-0.3, -0.25) is 4.72 Å². The van der Waals surface area contributed by atoms with Gasteiger partial charge in [0.05, 0.1) is 12.7 Å². The molecule has 26 heavy (non-hydrogen) atoms. The van der Waals surface area contributed by atoms with E-state index < -0.39 is 16.0 Å². The number of thiazole rings is 1. The molecule has 0 aliphatic heterocycles. The summed E-state index contributed by atoms with van der Waals surface area (Å²) in [7, 11) is -2.72. The fourth-order valence-corrected chi connectivity index (χ4v) is 4.23. The van der Waals surface area contributed by atoms with Crippen molar-refractivity contribution in [3.05, 3.63) is 59.5 Å². The van der Waals surface area contributed by atoms with Crippen LogP contribution in [-0.4, -0.2) is 31.6 Å². The highest BCUT2D eigenvalue weighted by Crippen LogP contribution is 2.30. The molecule has 9 heteroatoms. The number of hydrogen-bond donors (Lipinski definition) is 2. The Labute approximate surface area is 154 Å². The number of rotatable bonds is 6. The topological polar surface area (TPSA) is 106 Å². The molecule has 2 aromatic carbocycles. The minimum atomic E-state index is -3.99. The lowest BCUT2D eigenvalue weighted by atomic mass is 10.2. The molecule has 7 nitrogen and oxygen atoms in total. The molecule has 0 spiro atoms. The molecule has 0 saturated heterocycles. The number of carbonyl (C=O) groups is 1. The summed E-state index contributed by atoms with van der Waals surface area (Å²) >= 11 is 1.31. The molecule has 1 heterocycles. The van der Waals surface area contributed by atoms with Crippen molar-refractivity contribution < 1.29 is 23.1 Å². The number of carboxylic acids is 1. The number of methoxy groups -OCH3 is 1. The highest BCUT2D eigenvalue weighted by molar-refractivity contribution is 7.92. The van der Waals surface area contributed by atoms with E-state index in [9.17, 15) is 13.2 Å². The van der Waals surface area contributed by atoms with Gasteiger partial charge in [-0.1, -0.05) is 30.3 Å². The van der Waals surface area contributed by atoms with Crippen LogP contribution in [0.3, 0.4) is 0 Å². The molecule has 0 unspecified atom stereocenters. The zero-order valence-corrected chi connectivity index (χ0v) is 15.2. The van der Waals surface area contributed by atoms with Crippen molar-refractivity contribution in [2.45, 2.75) is 4.90 Å². The number of carboxylic acid groups (broad SMARTS) is 1. The number of ether oxygens (including phenoxy) is 1. The van der Waals surface area contributed by atoms with Gasteiger partial charge in [0.2, 0.25) is 0 Å². The monoisotopic (exact) mass is 390 g/mol. The first-order chi connectivity index (χ1) is 12.4. The van der Waals surface area contributed by atoms with E-state index in [1.807, 2.05) is 30.3 Å². The molecule has 0 fully saturated rings. The van der Waals surface area contributed by atoms with E-state index >= 15 is 0 Å². The number of aromatic nitrogens is 1. The van der Waals surface area contributed by atoms with Crippen LogP contribution < -0.4 is 9.46 Å². The Morgan fingerprint density at radius 2 is 1.92 bits per heavy atom. The Balaban J connectivity index is 1.90. The Bertz CT molecular complexity index is 1050. The molecular formula is C17H14N2O5S2. The van der Waals surface area contributed by atoms with E-state index in [-0.39, 0.29) is 22.0 Å². The quantitative estimate of drug-likeness (QED) is 0.669. The highest BCUT2D eigenvalue weighted by Gasteiger charge is 2.22. The van der Waals surface area contributed by atoms with Gasteiger partial charge in [-0.2, -0.15) is 0 Å². The van der Waals surface area contributed by atoms with E-state index in [4.69, 9.17) is 9.84 Å². The first kappa shape index (κ1) is 17.9. The minimum Gasteiger partial charge on any atom is -0.495 e. The Hall–Kier alpha value is -2.91. The summed E-state index contributed by atoms with van der Waals surface area (Å²) in [6, 6.07) is 12.9. The van der Waals surface area contributed by atoms with Crippen molar-refractivity contribution in [3.63, 3.8) is 0 Å². The van der Waals surface area contributed by atoms with Crippen molar-refractivity contribution in [1.29, 1.82) is 0 Å². The minimum absolute atomic E-state index is 0.0593. The van der Waals surface area contributed by atoms with Crippen molar-refractivity contribution >= 4 is 33.1 Å². The second kappa shape index (κ2) is 7.14. The van der Waals surface area contributed by atoms with Crippen LogP contribution in [0.2, 0.25) is 0 Å². The van der Waals surface area contributed by atoms with Gasteiger partial charge in [-0.25, -0.2) is 18.2 Å². The average molecular weight is 390 g/mol. The molecule has 0 aliphatic carbocycles. The van der Waals surface area contributed by atoms with Crippen molar-refractivity contribution in [2.24, 2.45) is 0 Å². The highest BCUT2D eigenvalue weighted by atomic mass is 32.2. The van der Waals surface area contributed by atoms with E-state index in [0.29, 0.717) is 5.01 Å². The van der Waals surface area contributed by atoms with E-state index in [2.05, 4.69) is 9.71 Å². The van der Waals surface area contributed by atoms with Gasteiger partial charge in [-0.05, 0) is 18.2 Å². The number of nitrogens with one attached hydrogen (secondary N) is 1. The largest absolute Gasteiger partial charge is 0.495 e. The lowest BCUT2D eigenvalue weighted by Gasteiger charge is -2.10. The smallest absolute Gasteiger partial charge is 0.335 e. The molecule has 0 amide bonds. The number of hydrogen-bond acceptors (Lipinski definition) is 6. The molecule has 0 aliphatic rings. The Kier molecular flexibility index (Phi) is 4.92. The number of aromatic carboxylic acids is 1. The van der Waals surface area contributed by atoms with Crippen LogP contribution in [0.5, 0.6) is 5.75 Å². The first-order valence-electron chi connectivity index (χ1n) is 7.36. The van der Waals surface area contributed by atoms with Crippen LogP contribution >= 0.6 is 11.3 Å². The summed E-state index contributed by atoms with van der Waals surface area (Å²) in [5.74, 6) is -1.05. The van der Waals surface area contributed by atoms with E-state index in [0.717, 1.165) is 11.6 Å². The predicted molar refractivity (Wildman–Crippen MR) is 98.3 cm³/mol. The van der Waals surface area contributed by atoms with Gasteiger partial charge in [-0.15, -0.1) is 11.3 Å². The second-order valence-electron chi connectivity index (χ2n) is 5.18. The van der Waals surface area contributed by atoms with Gasteiger partial charge < -0.3 is 9.84 Å². The van der Waals surface area contributed by atoms with Crippen LogP contribution in [0.4, 0.5) is 5.82 Å². The molecule has 1 aromatic heterocycles. The van der Waals surface area contributed by atoms with Gasteiger partial charge >= 0.3 is 5.97 Å². The molecule has 0 saturated carbocycles. The Morgan fingerprint density at radius 1 is 1.19 bits per heavy atom. The summed E-state index contributed by atoms with van der Waals surface area (Å²) in [5.41, 5.74) is 0.812. The van der Waals surface area contributed by atoms with Gasteiger partial charge in [0.25, 0.3) is 10.0 Å². The van der Waals surface area contributed by atoms with Crippen molar-refractivity contribution in [1.82, 2.24) is 4.98 Å². The second-order valence-corrected chi connectivity index (χ2v) is 7.69. The first-order valence-corrected chi connectivity index (χ1v) is 9.72. The SMILES string of the molecule is COc1cc(C(=O)O)ccc1S(=O)(=O)Nc1csc(-c2ccccc2)n1. The number of anilines is 1. The fraction of sp³-hybridized carbons (Fsp3) is 0.0588. The molecule has 2 N–H and O–H groups in total. The van der Waals surface area contributed by atoms with Gasteiger partial charge in [0.15, 0.2) is 5.82 Å². The Morgan fingerprint density at radius 3 is 2.58 bits per heavy atom. The van der Waals surface area contributed by atoms with Crippen LogP contribution in [-0.2, 0) is 10.0 Å². The maximum atomic E-state index is 12.6. The maximum absolute atomic E-state index is 12.6. The summed E-state index contributed by atoms with van der Waals surface area (Å²) in [5, 5.41) is 11.3. The zero-order valence-electron chi connectivity index (χ0n) is 13.5. The summed E-state index contributed by atoms with van der Waals surface area (Å²) in [6.45, 7) is 0. The average Bonchev–Trinajstić information content (AvgIpc) is 3.09. The van der Waals surface area contributed by atoms with E-state index in [1.165, 1.54) is 30.6 Å². The molecule has 0 bridgehead atoms. The maximum Gasteiger partial charge on any atom is 0.335 e. The van der Waals surface area contributed by atoms with Crippen molar-refractivity contribution in [2.75, 3.05) is 11.8 Å². The van der Waals surface area contributed by atoms with Crippen LogP contribution in [0.1, 0.15) is 10.4 Å². The zero-order chi connectivity index (χ0) is 18.7. The van der Waals surface area contributed by atoms with Crippen molar-refractivity contribution in [3.8, 4) is 16.3 Å². The molecule has 3 aromatic rings. The van der Waals surface area contributed by atoms with E-state index in [1.54, 1.807) is 5.38 Å². The van der Waals surface area contributed by atoms with Crippen LogP contribution in [0.15, 0.2) is 58.8 Å². The lowest BCUT2D eigenvalue weighted by Crippen LogP contribution is -2.15. The molecule has 0 atom stereocenters. The summed E-state index contributed by atoms with van der Waals surface area (Å²) in [4.78, 5) is 15.1. The number of sulfonamides is 1. The van der Waals surface area contributed by atoms with Crippen LogP contribution in [0, 0.1) is 0 Å². The number of benzene rings is 2. The third-order valence-electron chi connectivity index (χ3n) is 3.46. The standard InChI is InChI=1S/C17H14N2O5S2/c1-24-13-9-12(17(20)21)7-8-14(13)26(22,23)19-15-10-25-16(18-15)11-5-3-2-4-6-11/h2-10,19H,1H3,(H,20,21). The van der Waals surface area contributed by atoms with Gasteiger partial charge in [0.1, 0.15) is 15.7 Å². The normalized spacial score (nSPS) is 11.1. The van der Waals surface area contributed by atoms with Gasteiger partial charge in [0, 0.05) is 10.9 Å².